The predicted molar refractivity (Wildman–Crippen MR) is 121 cm³/mol. The summed E-state index contributed by atoms with van der Waals surface area (Å²) in [5.41, 5.74) is 6.05. The van der Waals surface area contributed by atoms with Crippen LogP contribution in [0.4, 0.5) is 23.7 Å². The van der Waals surface area contributed by atoms with Crippen molar-refractivity contribution in [1.82, 2.24) is 19.6 Å². The van der Waals surface area contributed by atoms with E-state index in [9.17, 15) is 18.0 Å². The number of nitrogens with zero attached hydrogens (tertiary/aromatic N) is 4. The van der Waals surface area contributed by atoms with Gasteiger partial charge in [-0.15, -0.1) is 0 Å². The van der Waals surface area contributed by atoms with Crippen molar-refractivity contribution in [3.05, 3.63) is 72.7 Å². The number of aryl methyl sites for hydroxylation is 1. The van der Waals surface area contributed by atoms with Gasteiger partial charge in [0.05, 0.1) is 17.6 Å². The van der Waals surface area contributed by atoms with Crippen LogP contribution in [0.3, 0.4) is 0 Å². The molecule has 182 valence electrons. The Morgan fingerprint density at radius 3 is 2.51 bits per heavy atom. The molecule has 3 N–H and O–H groups in total. The van der Waals surface area contributed by atoms with Gasteiger partial charge in [0.2, 0.25) is 0 Å². The van der Waals surface area contributed by atoms with Crippen molar-refractivity contribution in [2.45, 2.75) is 6.18 Å². The zero-order chi connectivity index (χ0) is 25.0. The summed E-state index contributed by atoms with van der Waals surface area (Å²) >= 11 is 0. The maximum atomic E-state index is 13.8. The smallest absolute Gasteiger partial charge is 0.437 e. The van der Waals surface area contributed by atoms with Crippen LogP contribution >= 0.6 is 0 Å². The quantitative estimate of drug-likeness (QED) is 0.405. The molecule has 0 unspecified atom stereocenters. The molecule has 0 fully saturated rings. The van der Waals surface area contributed by atoms with Crippen molar-refractivity contribution in [3.63, 3.8) is 0 Å². The van der Waals surface area contributed by atoms with Crippen LogP contribution in [-0.2, 0) is 13.2 Å². The Labute approximate surface area is 197 Å². The molecule has 0 atom stereocenters. The number of carbonyl (C=O) groups is 1. The highest BCUT2D eigenvalue weighted by Crippen LogP contribution is 2.38. The second-order valence-electron chi connectivity index (χ2n) is 7.31. The van der Waals surface area contributed by atoms with E-state index in [2.05, 4.69) is 15.5 Å². The molecule has 0 bridgehead atoms. The molecule has 12 heteroatoms. The lowest BCUT2D eigenvalue weighted by molar-refractivity contribution is -0.143. The Morgan fingerprint density at radius 1 is 1.09 bits per heavy atom. The van der Waals surface area contributed by atoms with E-state index in [1.807, 2.05) is 0 Å². The van der Waals surface area contributed by atoms with E-state index in [1.165, 1.54) is 18.2 Å². The van der Waals surface area contributed by atoms with Gasteiger partial charge in [-0.3, -0.25) is 10.00 Å². The standard InChI is InChI=1S/C23H21F3N6O3/c1-31-18(9-11-28-31)17-13-15(7-8-19(17)34-12-10-27)30-22(33)35-20-14-29-32(21(20)23(24,25)26)16-5-3-2-4-6-16/h2-9,11,13-14H,10,12,27H2,1H3,(H,30,33). The average molecular weight is 486 g/mol. The van der Waals surface area contributed by atoms with Crippen molar-refractivity contribution in [2.75, 3.05) is 18.5 Å². The van der Waals surface area contributed by atoms with Gasteiger partial charge in [0, 0.05) is 31.0 Å². The van der Waals surface area contributed by atoms with Crippen molar-refractivity contribution in [2.24, 2.45) is 12.8 Å². The van der Waals surface area contributed by atoms with E-state index in [-0.39, 0.29) is 18.0 Å². The van der Waals surface area contributed by atoms with Crippen molar-refractivity contribution in [3.8, 4) is 28.4 Å². The summed E-state index contributed by atoms with van der Waals surface area (Å²) in [6.45, 7) is 0.570. The van der Waals surface area contributed by atoms with Gasteiger partial charge in [-0.05, 0) is 36.4 Å². The fourth-order valence-corrected chi connectivity index (χ4v) is 3.42. The van der Waals surface area contributed by atoms with Crippen LogP contribution in [0.1, 0.15) is 5.69 Å². The van der Waals surface area contributed by atoms with Crippen LogP contribution in [0.2, 0.25) is 0 Å². The molecule has 0 radical (unpaired) electrons. The fourth-order valence-electron chi connectivity index (χ4n) is 3.42. The van der Waals surface area contributed by atoms with Gasteiger partial charge >= 0.3 is 12.3 Å². The minimum atomic E-state index is -4.82. The molecule has 2 aromatic carbocycles. The summed E-state index contributed by atoms with van der Waals surface area (Å²) in [7, 11) is 1.74. The van der Waals surface area contributed by atoms with Gasteiger partial charge in [-0.1, -0.05) is 18.2 Å². The lowest BCUT2D eigenvalue weighted by atomic mass is 10.1. The number of halogens is 3. The first-order valence-corrected chi connectivity index (χ1v) is 10.4. The first kappa shape index (κ1) is 23.8. The van der Waals surface area contributed by atoms with Crippen LogP contribution in [0.25, 0.3) is 16.9 Å². The molecule has 0 aliphatic rings. The molecular weight excluding hydrogens is 465 g/mol. The number of hydrogen-bond donors (Lipinski definition) is 2. The molecule has 4 aromatic rings. The highest BCUT2D eigenvalue weighted by molar-refractivity contribution is 5.88. The lowest BCUT2D eigenvalue weighted by Crippen LogP contribution is -2.20. The number of aromatic nitrogens is 4. The molecule has 0 aliphatic carbocycles. The van der Waals surface area contributed by atoms with E-state index in [4.69, 9.17) is 15.2 Å². The number of alkyl halides is 3. The van der Waals surface area contributed by atoms with E-state index >= 15 is 0 Å². The molecule has 0 saturated heterocycles. The number of ether oxygens (including phenoxy) is 2. The molecular formula is C23H21F3N6O3. The molecule has 0 spiro atoms. The first-order chi connectivity index (χ1) is 16.8. The van der Waals surface area contributed by atoms with Crippen molar-refractivity contribution in [1.29, 1.82) is 0 Å². The summed E-state index contributed by atoms with van der Waals surface area (Å²) in [5, 5.41) is 10.3. The summed E-state index contributed by atoms with van der Waals surface area (Å²) in [4.78, 5) is 12.5. The number of nitrogens with two attached hydrogens (primary N) is 1. The van der Waals surface area contributed by atoms with Gasteiger partial charge in [0.15, 0.2) is 11.4 Å². The summed E-state index contributed by atoms with van der Waals surface area (Å²) in [6, 6.07) is 14.2. The number of hydrogen-bond acceptors (Lipinski definition) is 6. The Hall–Kier alpha value is -4.32. The highest BCUT2D eigenvalue weighted by atomic mass is 19.4. The number of anilines is 1. The van der Waals surface area contributed by atoms with Gasteiger partial charge in [-0.2, -0.15) is 23.4 Å². The third-order valence-corrected chi connectivity index (χ3v) is 4.91. The van der Waals surface area contributed by atoms with E-state index in [0.717, 1.165) is 6.20 Å². The molecule has 4 rings (SSSR count). The monoisotopic (exact) mass is 486 g/mol. The Morgan fingerprint density at radius 2 is 1.86 bits per heavy atom. The number of amides is 1. The summed E-state index contributed by atoms with van der Waals surface area (Å²) in [6.07, 6.45) is -3.49. The number of benzene rings is 2. The molecule has 0 saturated carbocycles. The van der Waals surface area contributed by atoms with Gasteiger partial charge in [0.1, 0.15) is 12.4 Å². The SMILES string of the molecule is Cn1nccc1-c1cc(NC(=O)Oc2cnn(-c3ccccc3)c2C(F)(F)F)ccc1OCCN. The Bertz CT molecular complexity index is 1320. The van der Waals surface area contributed by atoms with Gasteiger partial charge in [-0.25, -0.2) is 9.48 Å². The maximum absolute atomic E-state index is 13.8. The van der Waals surface area contributed by atoms with Crippen LogP contribution in [0.15, 0.2) is 67.0 Å². The molecule has 1 amide bonds. The average Bonchev–Trinajstić information content (AvgIpc) is 3.44. The van der Waals surface area contributed by atoms with Crippen molar-refractivity contribution < 1.29 is 27.4 Å². The normalized spacial score (nSPS) is 11.3. The van der Waals surface area contributed by atoms with Gasteiger partial charge < -0.3 is 15.2 Å². The predicted octanol–water partition coefficient (Wildman–Crippen LogP) is 4.24. The topological polar surface area (TPSA) is 109 Å². The Balaban J connectivity index is 1.60. The van der Waals surface area contributed by atoms with Crippen molar-refractivity contribution >= 4 is 11.8 Å². The maximum Gasteiger partial charge on any atom is 0.437 e. The van der Waals surface area contributed by atoms with Crippen LogP contribution in [-0.4, -0.2) is 38.8 Å². The molecule has 9 nitrogen and oxygen atoms in total. The Kier molecular flexibility index (Phi) is 6.73. The molecule has 35 heavy (non-hydrogen) atoms. The zero-order valence-electron chi connectivity index (χ0n) is 18.5. The summed E-state index contributed by atoms with van der Waals surface area (Å²) < 4.78 is 54.4. The minimum Gasteiger partial charge on any atom is -0.492 e. The van der Waals surface area contributed by atoms with E-state index in [0.29, 0.717) is 28.2 Å². The second kappa shape index (κ2) is 9.89. The highest BCUT2D eigenvalue weighted by Gasteiger charge is 2.40. The number of para-hydroxylation sites is 1. The summed E-state index contributed by atoms with van der Waals surface area (Å²) in [5.74, 6) is -0.227. The van der Waals surface area contributed by atoms with E-state index in [1.54, 1.807) is 54.3 Å². The lowest BCUT2D eigenvalue weighted by Gasteiger charge is -2.14. The molecule has 0 aliphatic heterocycles. The second-order valence-corrected chi connectivity index (χ2v) is 7.31. The minimum absolute atomic E-state index is 0.170. The third kappa shape index (κ3) is 5.27. The third-order valence-electron chi connectivity index (χ3n) is 4.91. The van der Waals surface area contributed by atoms with Gasteiger partial charge in [0.25, 0.3) is 0 Å². The first-order valence-electron chi connectivity index (χ1n) is 10.4. The van der Waals surface area contributed by atoms with Crippen LogP contribution in [0.5, 0.6) is 11.5 Å². The largest absolute Gasteiger partial charge is 0.492 e. The van der Waals surface area contributed by atoms with Crippen LogP contribution < -0.4 is 20.5 Å². The fraction of sp³-hybridized carbons (Fsp3) is 0.174. The number of rotatable bonds is 7. The molecule has 2 heterocycles. The zero-order valence-corrected chi connectivity index (χ0v) is 18.5. The van der Waals surface area contributed by atoms with Crippen LogP contribution in [0, 0.1) is 0 Å². The number of nitrogens with one attached hydrogen (secondary N) is 1. The van der Waals surface area contributed by atoms with E-state index < -0.39 is 23.7 Å². The molecule has 2 aromatic heterocycles. The number of carbonyl (C=O) groups excluding carboxylic acids is 1.